The zero-order valence-corrected chi connectivity index (χ0v) is 9.14. The van der Waals surface area contributed by atoms with Gasteiger partial charge < -0.3 is 4.74 Å². The van der Waals surface area contributed by atoms with Crippen LogP contribution in [-0.4, -0.2) is 23.0 Å². The van der Waals surface area contributed by atoms with E-state index in [9.17, 15) is 10.1 Å². The van der Waals surface area contributed by atoms with E-state index < -0.39 is 4.92 Å². The van der Waals surface area contributed by atoms with E-state index in [0.29, 0.717) is 18.1 Å². The average molecular weight is 220 g/mol. The topological polar surface area (TPSA) is 64.7 Å². The van der Waals surface area contributed by atoms with Crippen molar-refractivity contribution < 1.29 is 9.66 Å². The molecule has 0 fully saturated rings. The SMILES string of the molecule is CC1(C)COC(c2cccc([N+](=O)[O-])c2)=N1. The van der Waals surface area contributed by atoms with Crippen molar-refractivity contribution >= 4 is 11.6 Å². The molecule has 0 aliphatic carbocycles. The molecule has 16 heavy (non-hydrogen) atoms. The number of nitro benzene ring substituents is 1. The Hall–Kier alpha value is -1.91. The first-order chi connectivity index (χ1) is 7.48. The molecular weight excluding hydrogens is 208 g/mol. The van der Waals surface area contributed by atoms with Crippen LogP contribution in [0.25, 0.3) is 0 Å². The molecule has 1 aliphatic heterocycles. The lowest BCUT2D eigenvalue weighted by molar-refractivity contribution is -0.384. The zero-order valence-electron chi connectivity index (χ0n) is 9.14. The molecule has 0 spiro atoms. The lowest BCUT2D eigenvalue weighted by Crippen LogP contribution is -2.17. The van der Waals surface area contributed by atoms with Gasteiger partial charge in [0.25, 0.3) is 5.69 Å². The van der Waals surface area contributed by atoms with Gasteiger partial charge in [-0.2, -0.15) is 0 Å². The number of nitrogens with zero attached hydrogens (tertiary/aromatic N) is 2. The Kier molecular flexibility index (Phi) is 2.38. The van der Waals surface area contributed by atoms with Gasteiger partial charge in [0.05, 0.1) is 10.5 Å². The Labute approximate surface area is 92.9 Å². The first kappa shape index (κ1) is 10.6. The Balaban J connectivity index is 2.35. The van der Waals surface area contributed by atoms with Crippen LogP contribution < -0.4 is 0 Å². The number of benzene rings is 1. The predicted molar refractivity (Wildman–Crippen MR) is 59.7 cm³/mol. The Morgan fingerprint density at radius 2 is 2.25 bits per heavy atom. The molecular formula is C11H12N2O3. The van der Waals surface area contributed by atoms with Crippen LogP contribution in [0.4, 0.5) is 5.69 Å². The van der Waals surface area contributed by atoms with Gasteiger partial charge in [0.1, 0.15) is 6.61 Å². The Bertz CT molecular complexity index is 466. The molecule has 1 aromatic carbocycles. The Morgan fingerprint density at radius 3 is 2.81 bits per heavy atom. The van der Waals surface area contributed by atoms with Crippen molar-refractivity contribution in [2.45, 2.75) is 19.4 Å². The fourth-order valence-corrected chi connectivity index (χ4v) is 1.48. The van der Waals surface area contributed by atoms with E-state index in [1.807, 2.05) is 13.8 Å². The number of hydrogen-bond acceptors (Lipinski definition) is 4. The number of ether oxygens (including phenoxy) is 1. The van der Waals surface area contributed by atoms with Crippen molar-refractivity contribution in [2.75, 3.05) is 6.61 Å². The molecule has 0 atom stereocenters. The van der Waals surface area contributed by atoms with E-state index >= 15 is 0 Å². The fraction of sp³-hybridized carbons (Fsp3) is 0.364. The van der Waals surface area contributed by atoms with Crippen LogP contribution in [0.3, 0.4) is 0 Å². The zero-order chi connectivity index (χ0) is 11.8. The highest BCUT2D eigenvalue weighted by Crippen LogP contribution is 2.22. The summed E-state index contributed by atoms with van der Waals surface area (Å²) in [6.45, 7) is 4.42. The van der Waals surface area contributed by atoms with Crippen LogP contribution in [0, 0.1) is 10.1 Å². The van der Waals surface area contributed by atoms with E-state index in [1.54, 1.807) is 12.1 Å². The summed E-state index contributed by atoms with van der Waals surface area (Å²) in [6.07, 6.45) is 0. The van der Waals surface area contributed by atoms with Gasteiger partial charge >= 0.3 is 0 Å². The summed E-state index contributed by atoms with van der Waals surface area (Å²) in [5, 5.41) is 10.6. The summed E-state index contributed by atoms with van der Waals surface area (Å²) < 4.78 is 5.42. The molecule has 1 heterocycles. The van der Waals surface area contributed by atoms with Gasteiger partial charge in [0, 0.05) is 17.7 Å². The molecule has 2 rings (SSSR count). The second-order valence-electron chi connectivity index (χ2n) is 4.33. The summed E-state index contributed by atoms with van der Waals surface area (Å²) in [5.41, 5.74) is 0.452. The summed E-state index contributed by atoms with van der Waals surface area (Å²) in [6, 6.07) is 6.31. The third-order valence-electron chi connectivity index (χ3n) is 2.27. The Morgan fingerprint density at radius 1 is 1.50 bits per heavy atom. The van der Waals surface area contributed by atoms with E-state index in [2.05, 4.69) is 4.99 Å². The number of nitro groups is 1. The van der Waals surface area contributed by atoms with Crippen LogP contribution >= 0.6 is 0 Å². The highest BCUT2D eigenvalue weighted by molar-refractivity contribution is 5.96. The number of aliphatic imine (C=N–C) groups is 1. The minimum atomic E-state index is -0.426. The van der Waals surface area contributed by atoms with Crippen LogP contribution in [0.5, 0.6) is 0 Å². The van der Waals surface area contributed by atoms with Crippen molar-refractivity contribution in [2.24, 2.45) is 4.99 Å². The van der Waals surface area contributed by atoms with Gasteiger partial charge in [-0.25, -0.2) is 4.99 Å². The molecule has 0 saturated carbocycles. The monoisotopic (exact) mass is 220 g/mol. The summed E-state index contributed by atoms with van der Waals surface area (Å²) in [4.78, 5) is 14.6. The highest BCUT2D eigenvalue weighted by Gasteiger charge is 2.27. The molecule has 0 bridgehead atoms. The van der Waals surface area contributed by atoms with Gasteiger partial charge in [-0.15, -0.1) is 0 Å². The molecule has 1 aromatic rings. The van der Waals surface area contributed by atoms with Gasteiger partial charge in [-0.05, 0) is 19.9 Å². The third kappa shape index (κ3) is 2.03. The third-order valence-corrected chi connectivity index (χ3v) is 2.27. The molecule has 0 unspecified atom stereocenters. The molecule has 0 aromatic heterocycles. The van der Waals surface area contributed by atoms with Crippen LogP contribution in [0.15, 0.2) is 29.3 Å². The summed E-state index contributed by atoms with van der Waals surface area (Å²) in [5.74, 6) is 0.480. The molecule has 0 amide bonds. The van der Waals surface area contributed by atoms with Crippen LogP contribution in [0.2, 0.25) is 0 Å². The smallest absolute Gasteiger partial charge is 0.270 e. The quantitative estimate of drug-likeness (QED) is 0.566. The van der Waals surface area contributed by atoms with Crippen molar-refractivity contribution in [3.8, 4) is 0 Å². The molecule has 0 saturated heterocycles. The minimum absolute atomic E-state index is 0.0495. The predicted octanol–water partition coefficient (Wildman–Crippen LogP) is 2.15. The van der Waals surface area contributed by atoms with E-state index in [0.717, 1.165) is 0 Å². The second kappa shape index (κ2) is 3.59. The summed E-state index contributed by atoms with van der Waals surface area (Å²) in [7, 11) is 0. The number of non-ortho nitro benzene ring substituents is 1. The van der Waals surface area contributed by atoms with Crippen molar-refractivity contribution in [1.82, 2.24) is 0 Å². The molecule has 0 radical (unpaired) electrons. The maximum absolute atomic E-state index is 10.6. The molecule has 84 valence electrons. The van der Waals surface area contributed by atoms with Gasteiger partial charge in [-0.3, -0.25) is 10.1 Å². The second-order valence-corrected chi connectivity index (χ2v) is 4.33. The first-order valence-corrected chi connectivity index (χ1v) is 4.95. The lowest BCUT2D eigenvalue weighted by atomic mass is 10.1. The van der Waals surface area contributed by atoms with E-state index in [-0.39, 0.29) is 11.2 Å². The van der Waals surface area contributed by atoms with E-state index in [1.165, 1.54) is 12.1 Å². The van der Waals surface area contributed by atoms with Gasteiger partial charge in [0.15, 0.2) is 0 Å². The highest BCUT2D eigenvalue weighted by atomic mass is 16.6. The fourth-order valence-electron chi connectivity index (χ4n) is 1.48. The molecule has 1 aliphatic rings. The standard InChI is InChI=1S/C11H12N2O3/c1-11(2)7-16-10(12-11)8-4-3-5-9(6-8)13(14)15/h3-6H,7H2,1-2H3. The van der Waals surface area contributed by atoms with E-state index in [4.69, 9.17) is 4.74 Å². The molecule has 0 N–H and O–H groups in total. The van der Waals surface area contributed by atoms with Crippen LogP contribution in [-0.2, 0) is 4.74 Å². The number of hydrogen-bond donors (Lipinski definition) is 0. The lowest BCUT2D eigenvalue weighted by Gasteiger charge is -2.07. The van der Waals surface area contributed by atoms with Crippen molar-refractivity contribution in [1.29, 1.82) is 0 Å². The first-order valence-electron chi connectivity index (χ1n) is 4.95. The maximum atomic E-state index is 10.6. The van der Waals surface area contributed by atoms with Gasteiger partial charge in [-0.1, -0.05) is 6.07 Å². The largest absolute Gasteiger partial charge is 0.475 e. The maximum Gasteiger partial charge on any atom is 0.270 e. The molecule has 5 nitrogen and oxygen atoms in total. The van der Waals surface area contributed by atoms with Crippen molar-refractivity contribution in [3.05, 3.63) is 39.9 Å². The van der Waals surface area contributed by atoms with Gasteiger partial charge in [0.2, 0.25) is 5.90 Å². The normalized spacial score (nSPS) is 17.8. The molecule has 5 heteroatoms. The van der Waals surface area contributed by atoms with Crippen molar-refractivity contribution in [3.63, 3.8) is 0 Å². The number of rotatable bonds is 2. The average Bonchev–Trinajstić information content (AvgIpc) is 2.59. The summed E-state index contributed by atoms with van der Waals surface area (Å²) >= 11 is 0. The van der Waals surface area contributed by atoms with Crippen LogP contribution in [0.1, 0.15) is 19.4 Å². The minimum Gasteiger partial charge on any atom is -0.475 e.